The van der Waals surface area contributed by atoms with Crippen molar-refractivity contribution in [3.8, 4) is 0 Å². The summed E-state index contributed by atoms with van der Waals surface area (Å²) in [6.07, 6.45) is 1.65. The minimum atomic E-state index is -1.21. The van der Waals surface area contributed by atoms with Gasteiger partial charge in [0.1, 0.15) is 5.82 Å². The SMILES string of the molecule is Cl.Cl.N[C@H]1C[CH-]COC1c1cc(F)c(F)cc1F.[W]. The third-order valence-electron chi connectivity index (χ3n) is 2.57. The minimum Gasteiger partial charge on any atom is -0.404 e. The van der Waals surface area contributed by atoms with E-state index in [1.165, 1.54) is 0 Å². The van der Waals surface area contributed by atoms with Gasteiger partial charge >= 0.3 is 0 Å². The summed E-state index contributed by atoms with van der Waals surface area (Å²) in [7, 11) is 0. The number of nitrogens with two attached hydrogens (primary N) is 1. The Balaban J connectivity index is 0. The maximum absolute atomic E-state index is 13.4. The van der Waals surface area contributed by atoms with Crippen molar-refractivity contribution < 1.29 is 39.0 Å². The third kappa shape index (κ3) is 4.91. The molecule has 1 unspecified atom stereocenters. The van der Waals surface area contributed by atoms with Crippen LogP contribution in [0.2, 0.25) is 0 Å². The van der Waals surface area contributed by atoms with Gasteiger partial charge in [0.15, 0.2) is 11.6 Å². The zero-order valence-corrected chi connectivity index (χ0v) is 14.2. The largest absolute Gasteiger partial charge is 0.404 e. The van der Waals surface area contributed by atoms with Crippen LogP contribution in [-0.2, 0) is 25.8 Å². The normalized spacial score (nSPS) is 21.7. The van der Waals surface area contributed by atoms with Crippen LogP contribution in [0.3, 0.4) is 0 Å². The molecule has 0 bridgehead atoms. The van der Waals surface area contributed by atoms with Crippen molar-refractivity contribution in [3.63, 3.8) is 0 Å². The molecule has 0 aliphatic carbocycles. The van der Waals surface area contributed by atoms with Crippen LogP contribution in [0.4, 0.5) is 13.2 Å². The zero-order chi connectivity index (χ0) is 11.7. The zero-order valence-electron chi connectivity index (χ0n) is 9.65. The number of ether oxygens (including phenoxy) is 1. The van der Waals surface area contributed by atoms with Crippen LogP contribution < -0.4 is 5.73 Å². The van der Waals surface area contributed by atoms with E-state index < -0.39 is 29.6 Å². The average molecular weight is 487 g/mol. The molecule has 0 radical (unpaired) electrons. The van der Waals surface area contributed by atoms with Gasteiger partial charge in [0.25, 0.3) is 0 Å². The van der Waals surface area contributed by atoms with Gasteiger partial charge in [-0.2, -0.15) is 6.42 Å². The van der Waals surface area contributed by atoms with Crippen molar-refractivity contribution in [3.05, 3.63) is 41.6 Å². The quantitative estimate of drug-likeness (QED) is 0.489. The van der Waals surface area contributed by atoms with Crippen molar-refractivity contribution >= 4 is 24.8 Å². The van der Waals surface area contributed by atoms with E-state index in [4.69, 9.17) is 10.5 Å². The summed E-state index contributed by atoms with van der Waals surface area (Å²) in [5.41, 5.74) is 5.70. The predicted molar refractivity (Wildman–Crippen MR) is 66.4 cm³/mol. The van der Waals surface area contributed by atoms with E-state index >= 15 is 0 Å². The number of rotatable bonds is 1. The van der Waals surface area contributed by atoms with E-state index in [0.717, 1.165) is 6.07 Å². The van der Waals surface area contributed by atoms with E-state index in [9.17, 15) is 13.2 Å². The molecule has 0 amide bonds. The monoisotopic (exact) mass is 486 g/mol. The molecular formula is C11H13Cl2F3NOW-. The summed E-state index contributed by atoms with van der Waals surface area (Å²) in [6.45, 7) is 0.330. The topological polar surface area (TPSA) is 35.2 Å². The van der Waals surface area contributed by atoms with Crippen LogP contribution in [0, 0.1) is 23.9 Å². The first-order valence-corrected chi connectivity index (χ1v) is 4.93. The Morgan fingerprint density at radius 2 is 1.68 bits per heavy atom. The fraction of sp³-hybridized carbons (Fsp3) is 0.364. The molecule has 0 spiro atoms. The van der Waals surface area contributed by atoms with Crippen LogP contribution in [0.5, 0.6) is 0 Å². The van der Waals surface area contributed by atoms with Crippen molar-refractivity contribution in [2.24, 2.45) is 5.73 Å². The molecule has 19 heavy (non-hydrogen) atoms. The molecule has 1 fully saturated rings. The molecule has 2 rings (SSSR count). The van der Waals surface area contributed by atoms with Crippen LogP contribution in [0.15, 0.2) is 12.1 Å². The Labute approximate surface area is 136 Å². The first-order valence-electron chi connectivity index (χ1n) is 4.93. The molecular weight excluding hydrogens is 474 g/mol. The second-order valence-corrected chi connectivity index (χ2v) is 3.73. The van der Waals surface area contributed by atoms with E-state index in [-0.39, 0.29) is 51.4 Å². The number of hydrogen-bond acceptors (Lipinski definition) is 2. The van der Waals surface area contributed by atoms with Gasteiger partial charge in [-0.05, 0) is 6.07 Å². The fourth-order valence-corrected chi connectivity index (χ4v) is 1.76. The first kappa shape index (κ1) is 21.5. The Kier molecular flexibility index (Phi) is 10.4. The third-order valence-corrected chi connectivity index (χ3v) is 2.57. The van der Waals surface area contributed by atoms with Gasteiger partial charge in [-0.15, -0.1) is 24.8 Å². The van der Waals surface area contributed by atoms with Gasteiger partial charge in [0, 0.05) is 38.7 Å². The summed E-state index contributed by atoms with van der Waals surface area (Å²) in [5, 5.41) is 0. The number of halogens is 5. The van der Waals surface area contributed by atoms with E-state index in [1.807, 2.05) is 6.42 Å². The van der Waals surface area contributed by atoms with Crippen LogP contribution >= 0.6 is 24.8 Å². The Hall–Kier alpha value is 0.198. The van der Waals surface area contributed by atoms with Crippen LogP contribution in [-0.4, -0.2) is 12.6 Å². The molecule has 1 aliphatic heterocycles. The predicted octanol–water partition coefficient (Wildman–Crippen LogP) is 2.94. The average Bonchev–Trinajstić information content (AvgIpc) is 2.25. The van der Waals surface area contributed by atoms with Crippen molar-refractivity contribution in [2.45, 2.75) is 18.6 Å². The van der Waals surface area contributed by atoms with Crippen molar-refractivity contribution in [1.82, 2.24) is 0 Å². The molecule has 2 atom stereocenters. The Bertz CT molecular complexity index is 412. The van der Waals surface area contributed by atoms with Crippen molar-refractivity contribution in [2.75, 3.05) is 6.61 Å². The molecule has 2 N–H and O–H groups in total. The van der Waals surface area contributed by atoms with Gasteiger partial charge in [0.2, 0.25) is 0 Å². The van der Waals surface area contributed by atoms with Gasteiger partial charge in [-0.1, -0.05) is 6.61 Å². The molecule has 2 nitrogen and oxygen atoms in total. The summed E-state index contributed by atoms with van der Waals surface area (Å²) in [4.78, 5) is 0. The summed E-state index contributed by atoms with van der Waals surface area (Å²) in [5.74, 6) is -3.14. The van der Waals surface area contributed by atoms with Crippen LogP contribution in [0.25, 0.3) is 0 Å². The molecule has 1 saturated heterocycles. The first-order chi connectivity index (χ1) is 7.59. The molecule has 0 aromatic heterocycles. The summed E-state index contributed by atoms with van der Waals surface area (Å²) >= 11 is 0. The molecule has 1 aliphatic rings. The molecule has 110 valence electrons. The minimum absolute atomic E-state index is 0. The van der Waals surface area contributed by atoms with E-state index in [2.05, 4.69) is 0 Å². The van der Waals surface area contributed by atoms with Crippen molar-refractivity contribution in [1.29, 1.82) is 0 Å². The number of benzene rings is 1. The van der Waals surface area contributed by atoms with E-state index in [0.29, 0.717) is 19.1 Å². The van der Waals surface area contributed by atoms with Gasteiger partial charge in [-0.3, -0.25) is 0 Å². The van der Waals surface area contributed by atoms with E-state index in [1.54, 1.807) is 0 Å². The maximum atomic E-state index is 13.4. The summed E-state index contributed by atoms with van der Waals surface area (Å²) in [6, 6.07) is 0.882. The Morgan fingerprint density at radius 1 is 1.11 bits per heavy atom. The van der Waals surface area contributed by atoms with Gasteiger partial charge in [0.05, 0.1) is 6.10 Å². The Morgan fingerprint density at radius 3 is 2.26 bits per heavy atom. The van der Waals surface area contributed by atoms with Crippen LogP contribution in [0.1, 0.15) is 18.1 Å². The van der Waals surface area contributed by atoms with Gasteiger partial charge in [-0.25, -0.2) is 13.2 Å². The smallest absolute Gasteiger partial charge is 0.161 e. The molecule has 1 aromatic carbocycles. The molecule has 1 aromatic rings. The molecule has 8 heteroatoms. The second-order valence-electron chi connectivity index (χ2n) is 3.73. The second kappa shape index (κ2) is 9.19. The summed E-state index contributed by atoms with van der Waals surface area (Å²) < 4.78 is 44.4. The number of hydrogen-bond donors (Lipinski definition) is 1. The maximum Gasteiger partial charge on any atom is 0.161 e. The molecule has 0 saturated carbocycles. The van der Waals surface area contributed by atoms with Gasteiger partial charge < -0.3 is 16.9 Å². The fourth-order valence-electron chi connectivity index (χ4n) is 1.76. The standard InChI is InChI=1S/C11H11F3NO.2ClH.W/c12-7-5-9(14)8(13)4-6(7)11-10(15)2-1-3-16-11;;;/h1,4-5,10-11H,2-3,15H2;2*1H;/q-1;;;/t10-,11?;;;/m0.../s1. The molecule has 1 heterocycles.